The molecule has 0 bridgehead atoms. The molecule has 12 heteroatoms. The van der Waals surface area contributed by atoms with Gasteiger partial charge in [0.2, 0.25) is 6.23 Å². The first-order valence-corrected chi connectivity index (χ1v) is 9.30. The molecule has 2 aromatic rings. The van der Waals surface area contributed by atoms with Crippen molar-refractivity contribution in [3.05, 3.63) is 45.5 Å². The molecule has 2 aliphatic rings. The van der Waals surface area contributed by atoms with Crippen LogP contribution in [0.1, 0.15) is 23.0 Å². The number of fused-ring (bicyclic) bond motifs is 1. The van der Waals surface area contributed by atoms with Gasteiger partial charge >= 0.3 is 5.69 Å². The number of ether oxygens (including phenoxy) is 3. The molecule has 160 valence electrons. The summed E-state index contributed by atoms with van der Waals surface area (Å²) >= 11 is 6.11. The molecule has 0 saturated carbocycles. The molecule has 0 radical (unpaired) electrons. The molecule has 30 heavy (non-hydrogen) atoms. The number of rotatable bonds is 4. The third kappa shape index (κ3) is 3.83. The predicted molar refractivity (Wildman–Crippen MR) is 99.5 cm³/mol. The van der Waals surface area contributed by atoms with Crippen molar-refractivity contribution in [2.24, 2.45) is 0 Å². The number of aliphatic hydroxyl groups excluding tert-OH is 1. The van der Waals surface area contributed by atoms with E-state index in [0.29, 0.717) is 29.3 Å². The number of halogens is 3. The SMILES string of the molecule is O=C(Nc1ccn(C2OC(CO)CC2(F)F)c(=O)n1)c1cc(Cl)c2c(c1)OCCO2. The third-order valence-corrected chi connectivity index (χ3v) is 4.85. The van der Waals surface area contributed by atoms with Gasteiger partial charge in [-0.2, -0.15) is 4.98 Å². The van der Waals surface area contributed by atoms with Gasteiger partial charge in [0.1, 0.15) is 19.0 Å². The van der Waals surface area contributed by atoms with E-state index >= 15 is 0 Å². The van der Waals surface area contributed by atoms with Crippen LogP contribution in [-0.4, -0.2) is 52.4 Å². The maximum atomic E-state index is 14.1. The number of nitrogens with one attached hydrogen (secondary N) is 1. The summed E-state index contributed by atoms with van der Waals surface area (Å²) in [5.74, 6) is -3.50. The van der Waals surface area contributed by atoms with Crippen LogP contribution in [0.3, 0.4) is 0 Å². The van der Waals surface area contributed by atoms with Crippen molar-refractivity contribution in [2.75, 3.05) is 25.1 Å². The normalized spacial score (nSPS) is 22.0. The second kappa shape index (κ2) is 7.82. The number of alkyl halides is 2. The second-order valence-electron chi connectivity index (χ2n) is 6.70. The second-order valence-corrected chi connectivity index (χ2v) is 7.10. The molecule has 3 heterocycles. The molecule has 1 saturated heterocycles. The molecular formula is C18H16ClF2N3O6. The Balaban J connectivity index is 1.54. The zero-order valence-corrected chi connectivity index (χ0v) is 16.1. The lowest BCUT2D eigenvalue weighted by Gasteiger charge is -2.20. The first-order chi connectivity index (χ1) is 14.3. The number of carbonyl (C=O) groups excluding carboxylic acids is 1. The monoisotopic (exact) mass is 443 g/mol. The number of carbonyl (C=O) groups is 1. The van der Waals surface area contributed by atoms with Crippen LogP contribution in [0, 0.1) is 0 Å². The standard InChI is InChI=1S/C18H16ClF2N3O6/c19-11-5-9(6-12-14(11)29-4-3-28-12)15(26)22-13-1-2-24(17(27)23-13)16-18(20,21)7-10(8-25)30-16/h1-2,5-6,10,16,25H,3-4,7-8H2,(H,22,23,26,27). The van der Waals surface area contributed by atoms with Gasteiger partial charge in [0.15, 0.2) is 11.5 Å². The van der Waals surface area contributed by atoms with Gasteiger partial charge in [-0.1, -0.05) is 11.6 Å². The van der Waals surface area contributed by atoms with Gasteiger partial charge in [-0.3, -0.25) is 9.36 Å². The Morgan fingerprint density at radius 1 is 1.37 bits per heavy atom. The zero-order valence-electron chi connectivity index (χ0n) is 15.3. The van der Waals surface area contributed by atoms with E-state index in [0.717, 1.165) is 6.20 Å². The van der Waals surface area contributed by atoms with Gasteiger partial charge in [0, 0.05) is 18.2 Å². The minimum absolute atomic E-state index is 0.131. The van der Waals surface area contributed by atoms with Crippen LogP contribution in [0.5, 0.6) is 11.5 Å². The number of benzene rings is 1. The quantitative estimate of drug-likeness (QED) is 0.741. The Hall–Kier alpha value is -2.76. The molecule has 4 rings (SSSR count). The molecule has 1 aromatic heterocycles. The van der Waals surface area contributed by atoms with E-state index in [1.54, 1.807) is 0 Å². The molecular weight excluding hydrogens is 428 g/mol. The highest BCUT2D eigenvalue weighted by Crippen LogP contribution is 2.41. The van der Waals surface area contributed by atoms with Crippen molar-refractivity contribution in [3.63, 3.8) is 0 Å². The maximum Gasteiger partial charge on any atom is 0.351 e. The van der Waals surface area contributed by atoms with Gasteiger partial charge in [-0.05, 0) is 18.2 Å². The van der Waals surface area contributed by atoms with Gasteiger partial charge in [0.25, 0.3) is 11.8 Å². The van der Waals surface area contributed by atoms with Crippen molar-refractivity contribution in [1.82, 2.24) is 9.55 Å². The van der Waals surface area contributed by atoms with Gasteiger partial charge in [-0.15, -0.1) is 0 Å². The topological polar surface area (TPSA) is 112 Å². The van der Waals surface area contributed by atoms with E-state index in [4.69, 9.17) is 30.9 Å². The highest BCUT2D eigenvalue weighted by molar-refractivity contribution is 6.32. The lowest BCUT2D eigenvalue weighted by Crippen LogP contribution is -2.35. The summed E-state index contributed by atoms with van der Waals surface area (Å²) in [6.45, 7) is 0.0426. The lowest BCUT2D eigenvalue weighted by atomic mass is 10.1. The van der Waals surface area contributed by atoms with Crippen molar-refractivity contribution >= 4 is 23.3 Å². The van der Waals surface area contributed by atoms with Crippen LogP contribution >= 0.6 is 11.6 Å². The summed E-state index contributed by atoms with van der Waals surface area (Å²) in [6.07, 6.45) is -2.66. The summed E-state index contributed by atoms with van der Waals surface area (Å²) in [7, 11) is 0. The summed E-state index contributed by atoms with van der Waals surface area (Å²) in [6, 6.07) is 3.98. The molecule has 2 N–H and O–H groups in total. The third-order valence-electron chi connectivity index (χ3n) is 4.57. The predicted octanol–water partition coefficient (Wildman–Crippen LogP) is 1.84. The number of aromatic nitrogens is 2. The van der Waals surface area contributed by atoms with Gasteiger partial charge in [-0.25, -0.2) is 13.6 Å². The fourth-order valence-electron chi connectivity index (χ4n) is 3.20. The summed E-state index contributed by atoms with van der Waals surface area (Å²) in [5, 5.41) is 11.6. The molecule has 9 nitrogen and oxygen atoms in total. The minimum Gasteiger partial charge on any atom is -0.486 e. The summed E-state index contributed by atoms with van der Waals surface area (Å²) < 4.78 is 44.6. The number of hydrogen-bond donors (Lipinski definition) is 2. The fourth-order valence-corrected chi connectivity index (χ4v) is 3.47. The smallest absolute Gasteiger partial charge is 0.351 e. The van der Waals surface area contributed by atoms with E-state index in [9.17, 15) is 18.4 Å². The van der Waals surface area contributed by atoms with Crippen molar-refractivity contribution in [3.8, 4) is 11.5 Å². The van der Waals surface area contributed by atoms with Crippen LogP contribution in [0.15, 0.2) is 29.2 Å². The Kier molecular flexibility index (Phi) is 5.35. The fraction of sp³-hybridized carbons (Fsp3) is 0.389. The van der Waals surface area contributed by atoms with Crippen molar-refractivity contribution in [1.29, 1.82) is 0 Å². The Morgan fingerprint density at radius 2 is 2.13 bits per heavy atom. The molecule has 0 aliphatic carbocycles. The first kappa shape index (κ1) is 20.5. The molecule has 2 atom stereocenters. The molecule has 1 aromatic carbocycles. The van der Waals surface area contributed by atoms with E-state index < -0.39 is 42.9 Å². The Bertz CT molecular complexity index is 1050. The van der Waals surface area contributed by atoms with Crippen LogP contribution in [0.4, 0.5) is 14.6 Å². The number of aliphatic hydroxyl groups is 1. The molecule has 0 spiro atoms. The highest BCUT2D eigenvalue weighted by atomic mass is 35.5. The summed E-state index contributed by atoms with van der Waals surface area (Å²) in [4.78, 5) is 28.4. The molecule has 1 fully saturated rings. The molecule has 2 aliphatic heterocycles. The van der Waals surface area contributed by atoms with Crippen LogP contribution in [0.2, 0.25) is 5.02 Å². The Labute approximate surface area is 173 Å². The maximum absolute atomic E-state index is 14.1. The van der Waals surface area contributed by atoms with Crippen LogP contribution < -0.4 is 20.5 Å². The van der Waals surface area contributed by atoms with Crippen LogP contribution in [0.25, 0.3) is 0 Å². The average Bonchev–Trinajstić information content (AvgIpc) is 3.02. The lowest BCUT2D eigenvalue weighted by molar-refractivity contribution is -0.120. The minimum atomic E-state index is -3.36. The highest BCUT2D eigenvalue weighted by Gasteiger charge is 2.51. The van der Waals surface area contributed by atoms with E-state index in [-0.39, 0.29) is 16.4 Å². The molecule has 1 amide bonds. The van der Waals surface area contributed by atoms with Crippen LogP contribution in [-0.2, 0) is 4.74 Å². The average molecular weight is 444 g/mol. The van der Waals surface area contributed by atoms with Gasteiger partial charge < -0.3 is 24.6 Å². The summed E-state index contributed by atoms with van der Waals surface area (Å²) in [5.41, 5.74) is -0.914. The number of amides is 1. The van der Waals surface area contributed by atoms with Crippen molar-refractivity contribution in [2.45, 2.75) is 24.7 Å². The number of anilines is 1. The number of hydrogen-bond acceptors (Lipinski definition) is 7. The van der Waals surface area contributed by atoms with Crippen molar-refractivity contribution < 1.29 is 32.9 Å². The van der Waals surface area contributed by atoms with E-state index in [2.05, 4.69) is 10.3 Å². The van der Waals surface area contributed by atoms with Gasteiger partial charge in [0.05, 0.1) is 17.7 Å². The Morgan fingerprint density at radius 3 is 2.83 bits per heavy atom. The number of nitrogens with zero attached hydrogens (tertiary/aromatic N) is 2. The largest absolute Gasteiger partial charge is 0.486 e. The first-order valence-electron chi connectivity index (χ1n) is 8.92. The van der Waals surface area contributed by atoms with E-state index in [1.807, 2.05) is 0 Å². The zero-order chi connectivity index (χ0) is 21.5. The molecule has 2 unspecified atom stereocenters. The van der Waals surface area contributed by atoms with E-state index in [1.165, 1.54) is 18.2 Å².